The molecule has 0 fully saturated rings. The second-order valence-electron chi connectivity index (χ2n) is 2.16. The summed E-state index contributed by atoms with van der Waals surface area (Å²) in [6.45, 7) is 0. The van der Waals surface area contributed by atoms with Crippen molar-refractivity contribution in [3.63, 3.8) is 0 Å². The summed E-state index contributed by atoms with van der Waals surface area (Å²) in [6.07, 6.45) is -2.14. The number of hydrogen-bond acceptors (Lipinski definition) is 1. The van der Waals surface area contributed by atoms with E-state index < -0.39 is 11.7 Å². The number of pyridine rings is 1. The zero-order chi connectivity index (χ0) is 9.19. The van der Waals surface area contributed by atoms with E-state index in [2.05, 4.69) is 20.9 Å². The van der Waals surface area contributed by atoms with E-state index in [1.165, 1.54) is 12.3 Å². The standard InChI is InChI=1S/C7H5BrF3N/c8-3-5-1-2-12-4-6(5)7(9,10)11/h1-2,4H,3H2. The largest absolute Gasteiger partial charge is 0.418 e. The van der Waals surface area contributed by atoms with Gasteiger partial charge in [-0.1, -0.05) is 15.9 Å². The lowest BCUT2D eigenvalue weighted by Crippen LogP contribution is -2.08. The quantitative estimate of drug-likeness (QED) is 0.687. The molecule has 1 aromatic heterocycles. The van der Waals surface area contributed by atoms with Crippen LogP contribution in [0.15, 0.2) is 18.5 Å². The van der Waals surface area contributed by atoms with Crippen LogP contribution in [0.1, 0.15) is 11.1 Å². The molecule has 1 nitrogen and oxygen atoms in total. The second kappa shape index (κ2) is 3.43. The fourth-order valence-corrected chi connectivity index (χ4v) is 1.28. The van der Waals surface area contributed by atoms with Crippen LogP contribution in [0.3, 0.4) is 0 Å². The van der Waals surface area contributed by atoms with Gasteiger partial charge in [0.15, 0.2) is 0 Å². The Morgan fingerprint density at radius 3 is 2.50 bits per heavy atom. The molecule has 0 amide bonds. The minimum atomic E-state index is -4.31. The van der Waals surface area contributed by atoms with Gasteiger partial charge in [0.05, 0.1) is 5.56 Å². The van der Waals surface area contributed by atoms with Crippen molar-refractivity contribution in [3.8, 4) is 0 Å². The molecule has 66 valence electrons. The van der Waals surface area contributed by atoms with Crippen LogP contribution < -0.4 is 0 Å². The average Bonchev–Trinajstić information content (AvgIpc) is 2.03. The fourth-order valence-electron chi connectivity index (χ4n) is 0.795. The van der Waals surface area contributed by atoms with E-state index in [1.54, 1.807) is 0 Å². The first-order valence-electron chi connectivity index (χ1n) is 3.11. The Bertz CT molecular complexity index is 272. The number of aromatic nitrogens is 1. The van der Waals surface area contributed by atoms with Crippen LogP contribution in [-0.2, 0) is 11.5 Å². The second-order valence-corrected chi connectivity index (χ2v) is 2.72. The van der Waals surface area contributed by atoms with Gasteiger partial charge in [0.2, 0.25) is 0 Å². The molecule has 0 aliphatic carbocycles. The van der Waals surface area contributed by atoms with E-state index in [0.29, 0.717) is 0 Å². The van der Waals surface area contributed by atoms with Crippen LogP contribution in [0, 0.1) is 0 Å². The van der Waals surface area contributed by atoms with Gasteiger partial charge in [0, 0.05) is 17.7 Å². The monoisotopic (exact) mass is 239 g/mol. The molecule has 0 saturated carbocycles. The summed E-state index contributed by atoms with van der Waals surface area (Å²) in [6, 6.07) is 1.34. The minimum absolute atomic E-state index is 0.185. The van der Waals surface area contributed by atoms with Crippen molar-refractivity contribution in [2.45, 2.75) is 11.5 Å². The Balaban J connectivity index is 3.14. The van der Waals surface area contributed by atoms with E-state index in [0.717, 1.165) is 6.20 Å². The summed E-state index contributed by atoms with van der Waals surface area (Å²) in [5, 5.41) is 0.185. The van der Waals surface area contributed by atoms with Gasteiger partial charge in [-0.3, -0.25) is 4.98 Å². The van der Waals surface area contributed by atoms with Crippen molar-refractivity contribution in [1.82, 2.24) is 4.98 Å². The maximum atomic E-state index is 12.2. The van der Waals surface area contributed by atoms with Crippen LogP contribution in [0.25, 0.3) is 0 Å². The minimum Gasteiger partial charge on any atom is -0.264 e. The number of rotatable bonds is 1. The third-order valence-electron chi connectivity index (χ3n) is 1.36. The van der Waals surface area contributed by atoms with Crippen molar-refractivity contribution in [3.05, 3.63) is 29.6 Å². The van der Waals surface area contributed by atoms with E-state index in [-0.39, 0.29) is 10.9 Å². The Morgan fingerprint density at radius 2 is 2.08 bits per heavy atom. The molecule has 12 heavy (non-hydrogen) atoms. The van der Waals surface area contributed by atoms with Gasteiger partial charge in [-0.25, -0.2) is 0 Å². The normalized spacial score (nSPS) is 11.7. The molecule has 0 saturated heterocycles. The first kappa shape index (κ1) is 9.51. The van der Waals surface area contributed by atoms with Gasteiger partial charge >= 0.3 is 6.18 Å². The van der Waals surface area contributed by atoms with Crippen LogP contribution in [-0.4, -0.2) is 4.98 Å². The summed E-state index contributed by atoms with van der Waals surface area (Å²) < 4.78 is 36.5. The Morgan fingerprint density at radius 1 is 1.42 bits per heavy atom. The lowest BCUT2D eigenvalue weighted by molar-refractivity contribution is -0.138. The highest BCUT2D eigenvalue weighted by Crippen LogP contribution is 2.31. The number of nitrogens with zero attached hydrogens (tertiary/aromatic N) is 1. The third-order valence-corrected chi connectivity index (χ3v) is 1.96. The summed E-state index contributed by atoms with van der Waals surface area (Å²) in [7, 11) is 0. The van der Waals surface area contributed by atoms with Crippen molar-refractivity contribution >= 4 is 15.9 Å². The fraction of sp³-hybridized carbons (Fsp3) is 0.286. The summed E-state index contributed by atoms with van der Waals surface area (Å²) in [5.74, 6) is 0. The van der Waals surface area contributed by atoms with Gasteiger partial charge in [0.1, 0.15) is 0 Å². The van der Waals surface area contributed by atoms with Gasteiger partial charge in [-0.15, -0.1) is 0 Å². The molecule has 1 heterocycles. The van der Waals surface area contributed by atoms with Crippen LogP contribution in [0.5, 0.6) is 0 Å². The molecule has 5 heteroatoms. The first-order valence-corrected chi connectivity index (χ1v) is 4.24. The predicted molar refractivity (Wildman–Crippen MR) is 41.9 cm³/mol. The molecule has 0 radical (unpaired) electrons. The zero-order valence-corrected chi connectivity index (χ0v) is 7.48. The molecule has 0 aromatic carbocycles. The maximum absolute atomic E-state index is 12.2. The molecule has 0 unspecified atom stereocenters. The van der Waals surface area contributed by atoms with Crippen LogP contribution in [0.2, 0.25) is 0 Å². The van der Waals surface area contributed by atoms with Gasteiger partial charge in [-0.2, -0.15) is 13.2 Å². The Kier molecular flexibility index (Phi) is 2.72. The van der Waals surface area contributed by atoms with Gasteiger partial charge in [-0.05, 0) is 11.6 Å². The van der Waals surface area contributed by atoms with Crippen LogP contribution >= 0.6 is 15.9 Å². The van der Waals surface area contributed by atoms with Crippen LogP contribution in [0.4, 0.5) is 13.2 Å². The maximum Gasteiger partial charge on any atom is 0.418 e. The van der Waals surface area contributed by atoms with Crippen molar-refractivity contribution in [2.75, 3.05) is 0 Å². The highest BCUT2D eigenvalue weighted by molar-refractivity contribution is 9.08. The van der Waals surface area contributed by atoms with E-state index >= 15 is 0 Å². The molecule has 0 aliphatic rings. The Labute approximate surface area is 75.7 Å². The summed E-state index contributed by atoms with van der Waals surface area (Å²) in [5.41, 5.74) is -0.473. The molecular weight excluding hydrogens is 235 g/mol. The molecule has 0 atom stereocenters. The molecule has 0 N–H and O–H groups in total. The summed E-state index contributed by atoms with van der Waals surface area (Å²) in [4.78, 5) is 3.42. The smallest absolute Gasteiger partial charge is 0.264 e. The van der Waals surface area contributed by atoms with E-state index in [1.807, 2.05) is 0 Å². The summed E-state index contributed by atoms with van der Waals surface area (Å²) >= 11 is 2.97. The molecule has 0 bridgehead atoms. The Hall–Kier alpha value is -0.580. The number of alkyl halides is 4. The molecule has 1 rings (SSSR count). The lowest BCUT2D eigenvalue weighted by atomic mass is 10.1. The molecule has 1 aromatic rings. The molecule has 0 spiro atoms. The zero-order valence-electron chi connectivity index (χ0n) is 5.90. The van der Waals surface area contributed by atoms with Crippen molar-refractivity contribution < 1.29 is 13.2 Å². The van der Waals surface area contributed by atoms with E-state index in [4.69, 9.17) is 0 Å². The van der Waals surface area contributed by atoms with Gasteiger partial charge in [0.25, 0.3) is 0 Å². The molecule has 0 aliphatic heterocycles. The molecular formula is C7H5BrF3N. The highest BCUT2D eigenvalue weighted by atomic mass is 79.9. The topological polar surface area (TPSA) is 12.9 Å². The third kappa shape index (κ3) is 1.97. The first-order chi connectivity index (χ1) is 5.55. The SMILES string of the molecule is FC(F)(F)c1cnccc1CBr. The van der Waals surface area contributed by atoms with Gasteiger partial charge < -0.3 is 0 Å². The van der Waals surface area contributed by atoms with E-state index in [9.17, 15) is 13.2 Å². The lowest BCUT2D eigenvalue weighted by Gasteiger charge is -2.09. The highest BCUT2D eigenvalue weighted by Gasteiger charge is 2.32. The average molecular weight is 240 g/mol. The van der Waals surface area contributed by atoms with Crippen molar-refractivity contribution in [2.24, 2.45) is 0 Å². The predicted octanol–water partition coefficient (Wildman–Crippen LogP) is 3.00. The number of halogens is 4. The number of hydrogen-bond donors (Lipinski definition) is 0. The van der Waals surface area contributed by atoms with Crippen molar-refractivity contribution in [1.29, 1.82) is 0 Å².